The summed E-state index contributed by atoms with van der Waals surface area (Å²) in [5.41, 5.74) is -1.03. The molecule has 0 unspecified atom stereocenters. The second-order valence-electron chi connectivity index (χ2n) is 8.09. The van der Waals surface area contributed by atoms with Gasteiger partial charge in [-0.05, 0) is 50.3 Å². The van der Waals surface area contributed by atoms with Crippen molar-refractivity contribution in [2.24, 2.45) is 0 Å². The number of hydrogen-bond donors (Lipinski definition) is 3. The number of urea groups is 1. The van der Waals surface area contributed by atoms with Crippen molar-refractivity contribution in [3.63, 3.8) is 0 Å². The van der Waals surface area contributed by atoms with Crippen molar-refractivity contribution in [2.45, 2.75) is 38.3 Å². The zero-order chi connectivity index (χ0) is 22.9. The van der Waals surface area contributed by atoms with Gasteiger partial charge in [0.25, 0.3) is 11.8 Å². The van der Waals surface area contributed by atoms with Crippen molar-refractivity contribution in [1.82, 2.24) is 15.2 Å². The summed E-state index contributed by atoms with van der Waals surface area (Å²) < 4.78 is 28.5. The number of nitrogens with one attached hydrogen (secondary N) is 3. The van der Waals surface area contributed by atoms with Crippen molar-refractivity contribution in [1.29, 1.82) is 0 Å². The van der Waals surface area contributed by atoms with Crippen LogP contribution >= 0.6 is 11.3 Å². The average Bonchev–Trinajstić information content (AvgIpc) is 3.13. The number of benzene rings is 1. The highest BCUT2D eigenvalue weighted by Crippen LogP contribution is 2.35. The lowest BCUT2D eigenvalue weighted by atomic mass is 9.82. The minimum atomic E-state index is -1.43. The molecular formula is C21H23F2N5O3S. The zero-order valence-corrected chi connectivity index (χ0v) is 18.3. The number of anilines is 2. The third-order valence-electron chi connectivity index (χ3n) is 5.71. The van der Waals surface area contributed by atoms with Crippen LogP contribution in [0.2, 0.25) is 0 Å². The molecule has 0 radical (unpaired) electrons. The van der Waals surface area contributed by atoms with Gasteiger partial charge in [0.1, 0.15) is 16.4 Å². The summed E-state index contributed by atoms with van der Waals surface area (Å²) in [6.07, 6.45) is 3.81. The largest absolute Gasteiger partial charge is 0.349 e. The predicted octanol–water partition coefficient (Wildman–Crippen LogP) is 3.70. The Morgan fingerprint density at radius 3 is 2.53 bits per heavy atom. The van der Waals surface area contributed by atoms with E-state index in [-0.39, 0.29) is 28.7 Å². The summed E-state index contributed by atoms with van der Waals surface area (Å²) in [4.78, 5) is 42.9. The summed E-state index contributed by atoms with van der Waals surface area (Å²) >= 11 is 1.00. The summed E-state index contributed by atoms with van der Waals surface area (Å²) in [5, 5.41) is 8.01. The molecule has 0 atom stereocenters. The molecule has 1 aromatic heterocycles. The van der Waals surface area contributed by atoms with E-state index in [1.165, 1.54) is 12.3 Å². The second kappa shape index (κ2) is 8.81. The summed E-state index contributed by atoms with van der Waals surface area (Å²) in [6, 6.07) is 2.11. The molecule has 0 bridgehead atoms. The summed E-state index contributed by atoms with van der Waals surface area (Å²) in [6.45, 7) is 2.80. The first-order valence-corrected chi connectivity index (χ1v) is 11.2. The SMILES string of the molecule is Cc1cc(F)c(C(=O)NCC2(F)CCC2)cc1NC(=O)c1cnc(NC(=O)N2CCC2)s1. The first-order chi connectivity index (χ1) is 15.2. The van der Waals surface area contributed by atoms with Crippen molar-refractivity contribution in [3.05, 3.63) is 40.2 Å². The van der Waals surface area contributed by atoms with Crippen LogP contribution in [0, 0.1) is 12.7 Å². The van der Waals surface area contributed by atoms with Gasteiger partial charge in [-0.3, -0.25) is 14.9 Å². The number of hydrogen-bond acceptors (Lipinski definition) is 5. The Labute approximate surface area is 187 Å². The number of alkyl halides is 1. The molecular weight excluding hydrogens is 440 g/mol. The molecule has 170 valence electrons. The van der Waals surface area contributed by atoms with Gasteiger partial charge in [0.15, 0.2) is 5.13 Å². The molecule has 1 aliphatic carbocycles. The number of aryl methyl sites for hydroxylation is 1. The smallest absolute Gasteiger partial charge is 0.323 e. The number of carbonyl (C=O) groups is 3. The topological polar surface area (TPSA) is 103 Å². The molecule has 2 heterocycles. The molecule has 2 fully saturated rings. The number of carbonyl (C=O) groups excluding carboxylic acids is 3. The molecule has 4 rings (SSSR count). The van der Waals surface area contributed by atoms with Gasteiger partial charge in [-0.1, -0.05) is 11.3 Å². The molecule has 8 nitrogen and oxygen atoms in total. The van der Waals surface area contributed by atoms with E-state index in [1.807, 2.05) is 0 Å². The van der Waals surface area contributed by atoms with E-state index in [2.05, 4.69) is 20.9 Å². The predicted molar refractivity (Wildman–Crippen MR) is 116 cm³/mol. The third kappa shape index (κ3) is 4.72. The van der Waals surface area contributed by atoms with Gasteiger partial charge in [-0.15, -0.1) is 0 Å². The fourth-order valence-corrected chi connectivity index (χ4v) is 4.06. The molecule has 0 spiro atoms. The minimum Gasteiger partial charge on any atom is -0.349 e. The maximum atomic E-state index is 14.4. The van der Waals surface area contributed by atoms with E-state index < -0.39 is 23.3 Å². The van der Waals surface area contributed by atoms with Crippen molar-refractivity contribution >= 4 is 40.0 Å². The number of nitrogens with zero attached hydrogens (tertiary/aromatic N) is 2. The van der Waals surface area contributed by atoms with Gasteiger partial charge < -0.3 is 15.5 Å². The molecule has 11 heteroatoms. The van der Waals surface area contributed by atoms with Crippen molar-refractivity contribution in [3.8, 4) is 0 Å². The molecule has 3 N–H and O–H groups in total. The highest BCUT2D eigenvalue weighted by atomic mass is 32.1. The van der Waals surface area contributed by atoms with E-state index in [0.29, 0.717) is 36.6 Å². The van der Waals surface area contributed by atoms with Crippen LogP contribution in [0.5, 0.6) is 0 Å². The highest BCUT2D eigenvalue weighted by molar-refractivity contribution is 7.17. The molecule has 1 saturated carbocycles. The Kier molecular flexibility index (Phi) is 6.09. The number of thiazole rings is 1. The Bertz CT molecular complexity index is 1070. The average molecular weight is 464 g/mol. The number of amides is 4. The maximum absolute atomic E-state index is 14.4. The molecule has 2 aliphatic rings. The molecule has 2 aromatic rings. The fourth-order valence-electron chi connectivity index (χ4n) is 3.36. The first-order valence-electron chi connectivity index (χ1n) is 10.3. The Morgan fingerprint density at radius 1 is 1.16 bits per heavy atom. The lowest BCUT2D eigenvalue weighted by molar-refractivity contribution is 0.0576. The highest BCUT2D eigenvalue weighted by Gasteiger charge is 2.37. The van der Waals surface area contributed by atoms with Crippen LogP contribution in [0.3, 0.4) is 0 Å². The van der Waals surface area contributed by atoms with Crippen LogP contribution in [0.25, 0.3) is 0 Å². The van der Waals surface area contributed by atoms with E-state index >= 15 is 0 Å². The monoisotopic (exact) mass is 463 g/mol. The van der Waals surface area contributed by atoms with Gasteiger partial charge >= 0.3 is 6.03 Å². The summed E-state index contributed by atoms with van der Waals surface area (Å²) in [7, 11) is 0. The molecule has 4 amide bonds. The number of likely N-dealkylation sites (tertiary alicyclic amines) is 1. The van der Waals surface area contributed by atoms with Crippen LogP contribution in [-0.4, -0.2) is 53.0 Å². The number of aromatic nitrogens is 1. The normalized spacial score (nSPS) is 16.5. The third-order valence-corrected chi connectivity index (χ3v) is 6.62. The van der Waals surface area contributed by atoms with Gasteiger partial charge in [0.05, 0.1) is 18.3 Å². The van der Waals surface area contributed by atoms with Gasteiger partial charge in [0, 0.05) is 18.8 Å². The van der Waals surface area contributed by atoms with Gasteiger partial charge in [-0.2, -0.15) is 0 Å². The van der Waals surface area contributed by atoms with Crippen LogP contribution in [0.15, 0.2) is 18.3 Å². The van der Waals surface area contributed by atoms with Gasteiger partial charge in [-0.25, -0.2) is 18.6 Å². The maximum Gasteiger partial charge on any atom is 0.323 e. The second-order valence-corrected chi connectivity index (χ2v) is 9.12. The van der Waals surface area contributed by atoms with E-state index in [1.54, 1.807) is 11.8 Å². The van der Waals surface area contributed by atoms with E-state index in [4.69, 9.17) is 0 Å². The van der Waals surface area contributed by atoms with E-state index in [0.717, 1.165) is 30.2 Å². The molecule has 1 aliphatic heterocycles. The Hall–Kier alpha value is -3.08. The van der Waals surface area contributed by atoms with Crippen LogP contribution < -0.4 is 16.0 Å². The van der Waals surface area contributed by atoms with Crippen LogP contribution in [-0.2, 0) is 0 Å². The minimum absolute atomic E-state index is 0.173. The van der Waals surface area contributed by atoms with E-state index in [9.17, 15) is 23.2 Å². The van der Waals surface area contributed by atoms with Crippen molar-refractivity contribution in [2.75, 3.05) is 30.3 Å². The molecule has 1 aromatic carbocycles. The fraction of sp³-hybridized carbons (Fsp3) is 0.429. The standard InChI is InChI=1S/C21H23F2N5O3S/c1-12-8-14(22)13(17(29)25-11-21(23)4-2-5-21)9-15(12)26-18(30)16-10-24-19(32-16)27-20(31)28-6-3-7-28/h8-10H,2-7,11H2,1H3,(H,25,29)(H,26,30)(H,24,27,31). The molecule has 32 heavy (non-hydrogen) atoms. The Morgan fingerprint density at radius 2 is 1.91 bits per heavy atom. The quantitative estimate of drug-likeness (QED) is 0.608. The number of rotatable bonds is 6. The van der Waals surface area contributed by atoms with Gasteiger partial charge in [0.2, 0.25) is 0 Å². The zero-order valence-electron chi connectivity index (χ0n) is 17.5. The lowest BCUT2D eigenvalue weighted by Crippen LogP contribution is -2.44. The molecule has 1 saturated heterocycles. The first kappa shape index (κ1) is 22.1. The van der Waals surface area contributed by atoms with Crippen LogP contribution in [0.4, 0.5) is 24.4 Å². The van der Waals surface area contributed by atoms with Crippen molar-refractivity contribution < 1.29 is 23.2 Å². The summed E-state index contributed by atoms with van der Waals surface area (Å²) in [5.74, 6) is -2.01. The lowest BCUT2D eigenvalue weighted by Gasteiger charge is -2.33. The number of halogens is 2. The van der Waals surface area contributed by atoms with Crippen LogP contribution in [0.1, 0.15) is 51.3 Å². The Balaban J connectivity index is 1.41.